The number of carbonyl (C=O) groups excluding carboxylic acids is 1. The fourth-order valence-corrected chi connectivity index (χ4v) is 2.78. The van der Waals surface area contributed by atoms with Gasteiger partial charge in [0.05, 0.1) is 23.8 Å². The second-order valence-corrected chi connectivity index (χ2v) is 5.15. The van der Waals surface area contributed by atoms with Gasteiger partial charge in [0.15, 0.2) is 0 Å². The van der Waals surface area contributed by atoms with Crippen molar-refractivity contribution in [2.75, 3.05) is 6.61 Å². The van der Waals surface area contributed by atoms with Crippen molar-refractivity contribution >= 4 is 33.7 Å². The zero-order valence-electron chi connectivity index (χ0n) is 10.3. The van der Waals surface area contributed by atoms with Crippen LogP contribution in [0.3, 0.4) is 0 Å². The Labute approximate surface area is 126 Å². The predicted molar refractivity (Wildman–Crippen MR) is 71.7 cm³/mol. The molecule has 0 aliphatic heterocycles. The first kappa shape index (κ1) is 16.9. The lowest BCUT2D eigenvalue weighted by Gasteiger charge is -2.14. The zero-order valence-corrected chi connectivity index (χ0v) is 12.7. The van der Waals surface area contributed by atoms with Crippen molar-refractivity contribution in [1.29, 1.82) is 5.26 Å². The molecule has 0 spiro atoms. The highest BCUT2D eigenvalue weighted by atomic mass is 79.9. The van der Waals surface area contributed by atoms with Crippen LogP contribution in [0.25, 0.3) is 0 Å². The Hall–Kier alpha value is -1.20. The average Bonchev–Trinajstić information content (AvgIpc) is 2.36. The lowest BCUT2D eigenvalue weighted by atomic mass is 10.0. The Kier molecular flexibility index (Phi) is 5.89. The molecule has 0 fully saturated rings. The number of hydrogen-bond acceptors (Lipinski definition) is 4. The van der Waals surface area contributed by atoms with E-state index in [0.29, 0.717) is 0 Å². The molecule has 0 amide bonds. The number of esters is 1. The van der Waals surface area contributed by atoms with Crippen LogP contribution in [-0.4, -0.2) is 18.1 Å². The fraction of sp³-hybridized carbons (Fsp3) is 0.333. The maximum Gasteiger partial charge on any atom is 0.446 e. The summed E-state index contributed by atoms with van der Waals surface area (Å²) in [6.07, 6.45) is 0. The van der Waals surface area contributed by atoms with Gasteiger partial charge in [0, 0.05) is 10.2 Å². The van der Waals surface area contributed by atoms with E-state index in [1.165, 1.54) is 6.07 Å². The van der Waals surface area contributed by atoms with Gasteiger partial charge in [-0.2, -0.15) is 18.4 Å². The van der Waals surface area contributed by atoms with Crippen LogP contribution in [-0.2, 0) is 10.1 Å². The molecule has 3 nitrogen and oxygen atoms in total. The summed E-state index contributed by atoms with van der Waals surface area (Å²) in [5.41, 5.74) is -4.42. The van der Waals surface area contributed by atoms with Gasteiger partial charge in [0.1, 0.15) is 0 Å². The van der Waals surface area contributed by atoms with E-state index >= 15 is 0 Å². The highest BCUT2D eigenvalue weighted by molar-refractivity contribution is 9.08. The van der Waals surface area contributed by atoms with Gasteiger partial charge in [-0.25, -0.2) is 4.79 Å². The van der Waals surface area contributed by atoms with Crippen molar-refractivity contribution in [1.82, 2.24) is 0 Å². The lowest BCUT2D eigenvalue weighted by Crippen LogP contribution is -2.12. The number of hydrogen-bond donors (Lipinski definition) is 0. The van der Waals surface area contributed by atoms with Crippen LogP contribution in [0.1, 0.15) is 28.4 Å². The van der Waals surface area contributed by atoms with Gasteiger partial charge in [-0.15, -0.1) is 0 Å². The molecule has 0 aliphatic rings. The van der Waals surface area contributed by atoms with E-state index in [2.05, 4.69) is 15.9 Å². The first-order chi connectivity index (χ1) is 9.34. The molecule has 108 valence electrons. The van der Waals surface area contributed by atoms with Gasteiger partial charge in [0.2, 0.25) is 0 Å². The van der Waals surface area contributed by atoms with E-state index in [4.69, 9.17) is 10.00 Å². The topological polar surface area (TPSA) is 50.1 Å². The summed E-state index contributed by atoms with van der Waals surface area (Å²) in [5.74, 6) is -0.870. The molecule has 0 radical (unpaired) electrons. The molecular weight excluding hydrogens is 359 g/mol. The zero-order chi connectivity index (χ0) is 15.3. The lowest BCUT2D eigenvalue weighted by molar-refractivity contribution is -0.0328. The van der Waals surface area contributed by atoms with Crippen LogP contribution in [0, 0.1) is 11.3 Å². The van der Waals surface area contributed by atoms with Crippen molar-refractivity contribution in [2.24, 2.45) is 0 Å². The Morgan fingerprint density at radius 1 is 1.50 bits per heavy atom. The molecule has 8 heteroatoms. The SMILES string of the molecule is CCOC(=O)c1c(SC(F)(F)F)ccc(C#N)c1CBr. The van der Waals surface area contributed by atoms with E-state index in [1.807, 2.05) is 6.07 Å². The molecule has 1 aromatic carbocycles. The normalized spacial score (nSPS) is 11.0. The second kappa shape index (κ2) is 6.99. The van der Waals surface area contributed by atoms with E-state index < -0.39 is 23.2 Å². The third-order valence-corrected chi connectivity index (χ3v) is 3.59. The van der Waals surface area contributed by atoms with Crippen molar-refractivity contribution in [3.63, 3.8) is 0 Å². The van der Waals surface area contributed by atoms with Crippen molar-refractivity contribution in [2.45, 2.75) is 22.7 Å². The number of thioether (sulfide) groups is 1. The van der Waals surface area contributed by atoms with Gasteiger partial charge >= 0.3 is 11.5 Å². The standard InChI is InChI=1S/C12H9BrF3NO2S/c1-2-19-11(18)10-8(5-13)7(6-17)3-4-9(10)20-12(14,15)16/h3-4H,2,5H2,1H3. The summed E-state index contributed by atoms with van der Waals surface area (Å²) >= 11 is 2.68. The maximum absolute atomic E-state index is 12.5. The summed E-state index contributed by atoms with van der Waals surface area (Å²) in [6, 6.07) is 4.21. The molecule has 1 aromatic rings. The Bertz CT molecular complexity index is 555. The maximum atomic E-state index is 12.5. The highest BCUT2D eigenvalue weighted by Gasteiger charge is 2.33. The molecular formula is C12H9BrF3NO2S. The third kappa shape index (κ3) is 4.15. The van der Waals surface area contributed by atoms with Gasteiger partial charge in [0.25, 0.3) is 0 Å². The number of nitrogens with zero attached hydrogens (tertiary/aromatic N) is 1. The molecule has 0 aromatic heterocycles. The third-order valence-electron chi connectivity index (χ3n) is 2.23. The molecule has 0 N–H and O–H groups in total. The first-order valence-electron chi connectivity index (χ1n) is 5.38. The molecule has 0 atom stereocenters. The minimum Gasteiger partial charge on any atom is -0.462 e. The van der Waals surface area contributed by atoms with Crippen LogP contribution >= 0.6 is 27.7 Å². The highest BCUT2D eigenvalue weighted by Crippen LogP contribution is 2.40. The van der Waals surface area contributed by atoms with Gasteiger partial charge < -0.3 is 4.74 Å². The Morgan fingerprint density at radius 3 is 2.60 bits per heavy atom. The Balaban J connectivity index is 3.44. The number of alkyl halides is 4. The molecule has 0 heterocycles. The van der Waals surface area contributed by atoms with Crippen LogP contribution in [0.2, 0.25) is 0 Å². The summed E-state index contributed by atoms with van der Waals surface area (Å²) in [7, 11) is 0. The number of benzene rings is 1. The average molecular weight is 368 g/mol. The van der Waals surface area contributed by atoms with Crippen molar-refractivity contribution in [3.8, 4) is 6.07 Å². The van der Waals surface area contributed by atoms with E-state index in [9.17, 15) is 18.0 Å². The van der Waals surface area contributed by atoms with Crippen LogP contribution in [0.15, 0.2) is 17.0 Å². The predicted octanol–water partition coefficient (Wildman–Crippen LogP) is 4.24. The first-order valence-corrected chi connectivity index (χ1v) is 7.32. The molecule has 0 unspecified atom stereocenters. The summed E-state index contributed by atoms with van der Waals surface area (Å²) in [5, 5.41) is 9.04. The molecule has 0 saturated heterocycles. The van der Waals surface area contributed by atoms with Crippen LogP contribution in [0.4, 0.5) is 13.2 Å². The number of nitriles is 1. The number of rotatable bonds is 4. The van der Waals surface area contributed by atoms with Gasteiger partial charge in [-0.1, -0.05) is 15.9 Å². The number of carbonyl (C=O) groups is 1. The van der Waals surface area contributed by atoms with Crippen LogP contribution < -0.4 is 0 Å². The van der Waals surface area contributed by atoms with E-state index in [1.54, 1.807) is 6.92 Å². The quantitative estimate of drug-likeness (QED) is 0.453. The molecule has 0 bridgehead atoms. The van der Waals surface area contributed by atoms with Gasteiger partial charge in [-0.3, -0.25) is 0 Å². The van der Waals surface area contributed by atoms with Crippen molar-refractivity contribution in [3.05, 3.63) is 28.8 Å². The molecule has 20 heavy (non-hydrogen) atoms. The summed E-state index contributed by atoms with van der Waals surface area (Å²) in [6.45, 7) is 1.59. The smallest absolute Gasteiger partial charge is 0.446 e. The molecule has 0 aliphatic carbocycles. The summed E-state index contributed by atoms with van der Waals surface area (Å²) in [4.78, 5) is 11.6. The van der Waals surface area contributed by atoms with E-state index in [0.717, 1.165) is 6.07 Å². The number of halogens is 4. The van der Waals surface area contributed by atoms with E-state index in [-0.39, 0.29) is 33.5 Å². The largest absolute Gasteiger partial charge is 0.462 e. The minimum atomic E-state index is -4.53. The van der Waals surface area contributed by atoms with Crippen molar-refractivity contribution < 1.29 is 22.7 Å². The fourth-order valence-electron chi connectivity index (χ4n) is 1.51. The molecule has 0 saturated carbocycles. The monoisotopic (exact) mass is 367 g/mol. The number of ether oxygens (including phenoxy) is 1. The second-order valence-electron chi connectivity index (χ2n) is 3.48. The molecule has 1 rings (SSSR count). The summed E-state index contributed by atoms with van der Waals surface area (Å²) < 4.78 is 42.3. The van der Waals surface area contributed by atoms with Gasteiger partial charge in [-0.05, 0) is 36.4 Å². The Morgan fingerprint density at radius 2 is 2.15 bits per heavy atom. The minimum absolute atomic E-state index is 0.0352. The van der Waals surface area contributed by atoms with Crippen LogP contribution in [0.5, 0.6) is 0 Å².